The lowest BCUT2D eigenvalue weighted by Crippen LogP contribution is -2.40. The second kappa shape index (κ2) is 13.2. The van der Waals surface area contributed by atoms with Gasteiger partial charge in [0.1, 0.15) is 0 Å². The highest BCUT2D eigenvalue weighted by molar-refractivity contribution is 7.71. The topological polar surface area (TPSA) is 0 Å². The first-order valence-electron chi connectivity index (χ1n) is 20.3. The number of rotatable bonds is 2. The van der Waals surface area contributed by atoms with Crippen LogP contribution in [0.5, 0.6) is 0 Å². The van der Waals surface area contributed by atoms with E-state index in [1.54, 1.807) is 49.2 Å². The quantitative estimate of drug-likeness (QED) is 0.195. The Morgan fingerprint density at radius 3 is 2.17 bits per heavy atom. The van der Waals surface area contributed by atoms with Crippen molar-refractivity contribution in [1.82, 2.24) is 0 Å². The van der Waals surface area contributed by atoms with Crippen molar-refractivity contribution in [3.63, 3.8) is 0 Å². The Labute approximate surface area is 316 Å². The second-order valence-electron chi connectivity index (χ2n) is 16.6. The van der Waals surface area contributed by atoms with Crippen LogP contribution < -0.4 is 41.9 Å². The van der Waals surface area contributed by atoms with E-state index in [0.717, 1.165) is 19.3 Å². The molecule has 0 spiro atoms. The molecule has 0 aromatic heterocycles. The molecule has 2 aliphatic heterocycles. The van der Waals surface area contributed by atoms with Crippen LogP contribution in [0.25, 0.3) is 36.0 Å². The first-order chi connectivity index (χ1) is 26.2. The molecule has 11 rings (SSSR count). The summed E-state index contributed by atoms with van der Waals surface area (Å²) in [6.07, 6.45) is 35.7. The molecule has 53 heavy (non-hydrogen) atoms. The molecule has 5 aliphatic carbocycles. The zero-order valence-corrected chi connectivity index (χ0v) is 32.6. The largest absolute Gasteiger partial charge is 0.0775 e. The van der Waals surface area contributed by atoms with Gasteiger partial charge < -0.3 is 0 Å². The maximum atomic E-state index is 2.65. The van der Waals surface area contributed by atoms with E-state index in [4.69, 9.17) is 0 Å². The Kier molecular flexibility index (Phi) is 8.11. The first kappa shape index (κ1) is 32.6. The molecule has 4 aromatic carbocycles. The van der Waals surface area contributed by atoms with Crippen LogP contribution in [0.3, 0.4) is 0 Å². The minimum atomic E-state index is -0.391. The van der Waals surface area contributed by atoms with Gasteiger partial charge in [-0.1, -0.05) is 156 Å². The molecule has 0 N–H and O–H groups in total. The van der Waals surface area contributed by atoms with Gasteiger partial charge in [-0.25, -0.2) is 0 Å². The summed E-state index contributed by atoms with van der Waals surface area (Å²) in [6.45, 7) is 2.54. The zero-order chi connectivity index (χ0) is 35.0. The van der Waals surface area contributed by atoms with Crippen molar-refractivity contribution in [3.8, 4) is 0 Å². The lowest BCUT2D eigenvalue weighted by atomic mass is 9.63. The SMILES string of the molecule is C[C@@H]1C=C2C=CC=CC2C2c3c(ccc4c3=CCCC=4)CP(c3ccccc3P3Cc4ccc5c(c4C4=c6ccccc6=CCC4C3)=CCCC=5)C[C@@H]21. The Morgan fingerprint density at radius 2 is 1.32 bits per heavy atom. The molecule has 4 aromatic rings. The van der Waals surface area contributed by atoms with E-state index in [2.05, 4.69) is 140 Å². The van der Waals surface area contributed by atoms with Crippen molar-refractivity contribution < 1.29 is 0 Å². The van der Waals surface area contributed by atoms with E-state index in [1.165, 1.54) is 63.6 Å². The lowest BCUT2D eigenvalue weighted by Gasteiger charge is -2.42. The first-order valence-corrected chi connectivity index (χ1v) is 23.7. The van der Waals surface area contributed by atoms with E-state index in [1.807, 2.05) is 0 Å². The summed E-state index contributed by atoms with van der Waals surface area (Å²) in [4.78, 5) is 0. The summed E-state index contributed by atoms with van der Waals surface area (Å²) in [5.74, 6) is 2.80. The van der Waals surface area contributed by atoms with Gasteiger partial charge >= 0.3 is 0 Å². The summed E-state index contributed by atoms with van der Waals surface area (Å²) < 4.78 is 0. The molecule has 7 atom stereocenters. The lowest BCUT2D eigenvalue weighted by molar-refractivity contribution is 0.318. The molecule has 2 heteroatoms. The third-order valence-corrected chi connectivity index (χ3v) is 19.2. The van der Waals surface area contributed by atoms with Gasteiger partial charge in [0.05, 0.1) is 0 Å². The van der Waals surface area contributed by atoms with Crippen LogP contribution in [-0.4, -0.2) is 12.3 Å². The molecule has 0 saturated carbocycles. The molecular weight excluding hydrogens is 675 g/mol. The third kappa shape index (κ3) is 5.38. The monoisotopic (exact) mass is 722 g/mol. The third-order valence-electron chi connectivity index (χ3n) is 13.7. The minimum Gasteiger partial charge on any atom is -0.0775 e. The number of hydrogen-bond donors (Lipinski definition) is 0. The van der Waals surface area contributed by atoms with Gasteiger partial charge in [-0.3, -0.25) is 0 Å². The Bertz CT molecular complexity index is 2670. The fourth-order valence-corrected chi connectivity index (χ4v) is 17.8. The molecule has 0 radical (unpaired) electrons. The van der Waals surface area contributed by atoms with E-state index in [0.29, 0.717) is 29.6 Å². The standard InChI is InChI=1S/C51H48P2/c1-33-28-37-15-5-9-19-44(37)51-45(33)32-53(31-40-27-24-36-14-4-8-18-43(36)50(40)51)47-21-11-10-20-46(47)52-29-38-25-22-34-12-2-6-16-41(34)48(38)49-39(30-52)26-23-35-13-3-7-17-42(35)49/h2,5-6,9-24,26-28,33,38,44-45,51H,3-4,7-8,25,29-32H2,1H3/t33-,38?,44?,45-,51?,52?,53?/m1/s1. The Balaban J connectivity index is 1.07. The fourth-order valence-electron chi connectivity index (χ4n) is 11.3. The molecule has 7 aliphatic rings. The van der Waals surface area contributed by atoms with E-state index >= 15 is 0 Å². The maximum Gasteiger partial charge on any atom is 0.00901 e. The molecule has 0 bridgehead atoms. The molecule has 262 valence electrons. The molecule has 0 amide bonds. The van der Waals surface area contributed by atoms with Crippen LogP contribution >= 0.6 is 15.8 Å². The second-order valence-corrected chi connectivity index (χ2v) is 21.1. The Morgan fingerprint density at radius 1 is 0.623 bits per heavy atom. The van der Waals surface area contributed by atoms with Gasteiger partial charge in [0.2, 0.25) is 0 Å². The predicted octanol–water partition coefficient (Wildman–Crippen LogP) is 7.06. The van der Waals surface area contributed by atoms with Crippen molar-refractivity contribution in [1.29, 1.82) is 0 Å². The molecular formula is C51H48P2. The summed E-state index contributed by atoms with van der Waals surface area (Å²) in [7, 11) is -0.775. The van der Waals surface area contributed by atoms with Gasteiger partial charge in [-0.15, -0.1) is 0 Å². The normalized spacial score (nSPS) is 28.7. The zero-order valence-electron chi connectivity index (χ0n) is 30.8. The van der Waals surface area contributed by atoms with Crippen molar-refractivity contribution in [2.45, 2.75) is 57.3 Å². The van der Waals surface area contributed by atoms with Gasteiger partial charge in [0.25, 0.3) is 0 Å². The average molecular weight is 723 g/mol. The highest BCUT2D eigenvalue weighted by Gasteiger charge is 2.43. The smallest absolute Gasteiger partial charge is 0.00901 e. The summed E-state index contributed by atoms with van der Waals surface area (Å²) in [6, 6.07) is 29.2. The van der Waals surface area contributed by atoms with Crippen molar-refractivity contribution in [3.05, 3.63) is 162 Å². The maximum absolute atomic E-state index is 2.65. The van der Waals surface area contributed by atoms with Crippen LogP contribution in [0.1, 0.15) is 67.2 Å². The van der Waals surface area contributed by atoms with Crippen LogP contribution in [0.2, 0.25) is 0 Å². The highest BCUT2D eigenvalue weighted by Crippen LogP contribution is 2.57. The predicted molar refractivity (Wildman–Crippen MR) is 230 cm³/mol. The van der Waals surface area contributed by atoms with Gasteiger partial charge in [0, 0.05) is 5.92 Å². The molecule has 2 heterocycles. The number of allylic oxidation sites excluding steroid dienone is 6. The van der Waals surface area contributed by atoms with Crippen LogP contribution in [-0.2, 0) is 12.3 Å². The fraction of sp³-hybridized carbons (Fsp3) is 0.294. The highest BCUT2D eigenvalue weighted by atomic mass is 31.1. The molecule has 5 unspecified atom stereocenters. The van der Waals surface area contributed by atoms with Crippen LogP contribution in [0.4, 0.5) is 0 Å². The number of fused-ring (bicyclic) bond motifs is 13. The molecule has 0 fully saturated rings. The Hall–Kier alpha value is -3.82. The molecule has 0 saturated heterocycles. The average Bonchev–Trinajstić information content (AvgIpc) is 3.50. The van der Waals surface area contributed by atoms with Crippen molar-refractivity contribution >= 4 is 62.4 Å². The van der Waals surface area contributed by atoms with E-state index in [-0.39, 0.29) is 7.92 Å². The minimum absolute atomic E-state index is 0.384. The van der Waals surface area contributed by atoms with Crippen molar-refractivity contribution in [2.75, 3.05) is 12.3 Å². The summed E-state index contributed by atoms with van der Waals surface area (Å²) >= 11 is 0. The van der Waals surface area contributed by atoms with Gasteiger partial charge in [-0.2, -0.15) is 0 Å². The summed E-state index contributed by atoms with van der Waals surface area (Å²) in [5.41, 5.74) is 9.73. The van der Waals surface area contributed by atoms with E-state index < -0.39 is 7.92 Å². The number of hydrogen-bond acceptors (Lipinski definition) is 0. The van der Waals surface area contributed by atoms with Crippen LogP contribution in [0.15, 0.2) is 109 Å². The van der Waals surface area contributed by atoms with E-state index in [9.17, 15) is 0 Å². The van der Waals surface area contributed by atoms with Gasteiger partial charge in [-0.05, 0) is 156 Å². The van der Waals surface area contributed by atoms with Crippen LogP contribution in [0, 0.1) is 23.7 Å². The number of benzene rings is 4. The van der Waals surface area contributed by atoms with Gasteiger partial charge in [0.15, 0.2) is 0 Å². The van der Waals surface area contributed by atoms with Crippen molar-refractivity contribution in [2.24, 2.45) is 23.7 Å². The molecule has 0 nitrogen and oxygen atoms in total. The summed E-state index contributed by atoms with van der Waals surface area (Å²) in [5, 5.41) is 12.4.